The van der Waals surface area contributed by atoms with Crippen LogP contribution >= 0.6 is 0 Å². The number of sulfonamides is 1. The summed E-state index contributed by atoms with van der Waals surface area (Å²) in [5.74, 6) is -2.96. The fourth-order valence-corrected chi connectivity index (χ4v) is 3.45. The maximum Gasteiger partial charge on any atom is 0.416 e. The number of carbonyl (C=O) groups is 1. The van der Waals surface area contributed by atoms with E-state index in [1.807, 2.05) is 0 Å². The van der Waals surface area contributed by atoms with Gasteiger partial charge in [0.1, 0.15) is 11.6 Å². The Labute approximate surface area is 148 Å². The van der Waals surface area contributed by atoms with Crippen LogP contribution in [0.4, 0.5) is 17.6 Å². The first-order valence-corrected chi connectivity index (χ1v) is 9.43. The smallest absolute Gasteiger partial charge is 0.377 e. The SMILES string of the molecule is O=C(CS(=O)(=O)NCC1CCCO1)NCc1ccc(F)cc1C(F)(F)F. The van der Waals surface area contributed by atoms with Gasteiger partial charge in [-0.05, 0) is 30.5 Å². The van der Waals surface area contributed by atoms with Crippen molar-refractivity contribution in [1.29, 1.82) is 0 Å². The van der Waals surface area contributed by atoms with Crippen LogP contribution in [0.25, 0.3) is 0 Å². The van der Waals surface area contributed by atoms with E-state index in [1.54, 1.807) is 0 Å². The summed E-state index contributed by atoms with van der Waals surface area (Å²) in [6.07, 6.45) is -3.51. The molecule has 6 nitrogen and oxygen atoms in total. The number of nitrogens with one attached hydrogen (secondary N) is 2. The van der Waals surface area contributed by atoms with Crippen LogP contribution < -0.4 is 10.0 Å². The third-order valence-corrected chi connectivity index (χ3v) is 4.98. The van der Waals surface area contributed by atoms with E-state index in [0.717, 1.165) is 18.6 Å². The summed E-state index contributed by atoms with van der Waals surface area (Å²) in [6.45, 7) is 0.00704. The normalized spacial score (nSPS) is 18.1. The molecule has 1 fully saturated rings. The maximum atomic E-state index is 13.0. The van der Waals surface area contributed by atoms with E-state index < -0.39 is 45.8 Å². The van der Waals surface area contributed by atoms with Gasteiger partial charge in [-0.1, -0.05) is 6.07 Å². The first-order chi connectivity index (χ1) is 12.1. The van der Waals surface area contributed by atoms with Crippen LogP contribution in [0.2, 0.25) is 0 Å². The number of halogens is 4. The van der Waals surface area contributed by atoms with Crippen LogP contribution in [0, 0.1) is 5.82 Å². The maximum absolute atomic E-state index is 13.0. The Hall–Kier alpha value is -1.72. The van der Waals surface area contributed by atoms with Crippen LogP contribution in [0.15, 0.2) is 18.2 Å². The van der Waals surface area contributed by atoms with Crippen molar-refractivity contribution in [3.8, 4) is 0 Å². The molecule has 1 aliphatic heterocycles. The van der Waals surface area contributed by atoms with Gasteiger partial charge in [0.25, 0.3) is 0 Å². The van der Waals surface area contributed by atoms with Crippen molar-refractivity contribution in [3.63, 3.8) is 0 Å². The molecule has 0 bridgehead atoms. The number of benzene rings is 1. The van der Waals surface area contributed by atoms with Crippen LogP contribution in [0.3, 0.4) is 0 Å². The summed E-state index contributed by atoms with van der Waals surface area (Å²) in [4.78, 5) is 11.7. The number of hydrogen-bond donors (Lipinski definition) is 2. The number of hydrogen-bond acceptors (Lipinski definition) is 4. The molecule has 26 heavy (non-hydrogen) atoms. The molecule has 0 radical (unpaired) electrons. The Balaban J connectivity index is 1.90. The highest BCUT2D eigenvalue weighted by Gasteiger charge is 2.33. The lowest BCUT2D eigenvalue weighted by Crippen LogP contribution is -2.39. The topological polar surface area (TPSA) is 84.5 Å². The second-order valence-corrected chi connectivity index (χ2v) is 7.63. The Kier molecular flexibility index (Phi) is 6.58. The van der Waals surface area contributed by atoms with Crippen LogP contribution in [-0.4, -0.2) is 39.3 Å². The van der Waals surface area contributed by atoms with E-state index >= 15 is 0 Å². The Morgan fingerprint density at radius 3 is 2.65 bits per heavy atom. The highest BCUT2D eigenvalue weighted by molar-refractivity contribution is 7.90. The Bertz CT molecular complexity index is 747. The molecule has 2 N–H and O–H groups in total. The van der Waals surface area contributed by atoms with Gasteiger partial charge >= 0.3 is 6.18 Å². The minimum atomic E-state index is -4.79. The van der Waals surface area contributed by atoms with Gasteiger partial charge in [-0.3, -0.25) is 4.79 Å². The number of rotatable bonds is 7. The molecule has 11 heteroatoms. The van der Waals surface area contributed by atoms with Crippen molar-refractivity contribution in [1.82, 2.24) is 10.0 Å². The molecule has 1 amide bonds. The fraction of sp³-hybridized carbons (Fsp3) is 0.533. The van der Waals surface area contributed by atoms with Gasteiger partial charge in [-0.15, -0.1) is 0 Å². The molecular weight excluding hydrogens is 380 g/mol. The second kappa shape index (κ2) is 8.31. The molecule has 2 rings (SSSR count). The van der Waals surface area contributed by atoms with Crippen LogP contribution in [-0.2, 0) is 32.3 Å². The summed E-state index contributed by atoms with van der Waals surface area (Å²) in [5, 5.41) is 2.10. The quantitative estimate of drug-likeness (QED) is 0.683. The van der Waals surface area contributed by atoms with Crippen molar-refractivity contribution in [2.45, 2.75) is 31.7 Å². The van der Waals surface area contributed by atoms with Gasteiger partial charge in [0, 0.05) is 19.7 Å². The van der Waals surface area contributed by atoms with E-state index in [4.69, 9.17) is 4.74 Å². The van der Waals surface area contributed by atoms with E-state index in [1.165, 1.54) is 0 Å². The fourth-order valence-electron chi connectivity index (χ4n) is 2.46. The van der Waals surface area contributed by atoms with E-state index in [0.29, 0.717) is 19.1 Å². The molecule has 1 heterocycles. The highest BCUT2D eigenvalue weighted by atomic mass is 32.2. The molecule has 0 aromatic heterocycles. The van der Waals surface area contributed by atoms with Crippen molar-refractivity contribution >= 4 is 15.9 Å². The van der Waals surface area contributed by atoms with Crippen molar-refractivity contribution < 1.29 is 35.5 Å². The van der Waals surface area contributed by atoms with Gasteiger partial charge in [-0.25, -0.2) is 17.5 Å². The van der Waals surface area contributed by atoms with Crippen LogP contribution in [0.1, 0.15) is 24.0 Å². The second-order valence-electron chi connectivity index (χ2n) is 5.82. The molecule has 1 saturated heterocycles. The largest absolute Gasteiger partial charge is 0.416 e. The summed E-state index contributed by atoms with van der Waals surface area (Å²) in [5.41, 5.74) is -1.59. The van der Waals surface area contributed by atoms with E-state index in [-0.39, 0.29) is 18.2 Å². The van der Waals surface area contributed by atoms with Crippen molar-refractivity contribution in [3.05, 3.63) is 35.1 Å². The van der Waals surface area contributed by atoms with Gasteiger partial charge < -0.3 is 10.1 Å². The predicted octanol–water partition coefficient (Wildman–Crippen LogP) is 1.56. The summed E-state index contributed by atoms with van der Waals surface area (Å²) < 4.78 is 82.8. The Morgan fingerprint density at radius 1 is 1.31 bits per heavy atom. The molecule has 1 aromatic rings. The summed E-state index contributed by atoms with van der Waals surface area (Å²) >= 11 is 0. The lowest BCUT2D eigenvalue weighted by molar-refractivity contribution is -0.138. The van der Waals surface area contributed by atoms with E-state index in [2.05, 4.69) is 10.0 Å². The zero-order valence-electron chi connectivity index (χ0n) is 13.6. The third kappa shape index (κ3) is 6.22. The first kappa shape index (κ1) is 20.6. The molecule has 1 aliphatic rings. The molecule has 1 unspecified atom stereocenters. The lowest BCUT2D eigenvalue weighted by atomic mass is 10.1. The molecule has 1 aromatic carbocycles. The number of amides is 1. The average molecular weight is 398 g/mol. The standard InChI is InChI=1S/C15H18F4N2O4S/c16-11-4-3-10(13(6-11)15(17,18)19)7-20-14(22)9-26(23,24)21-8-12-2-1-5-25-12/h3-4,6,12,21H,1-2,5,7-9H2,(H,20,22). The zero-order chi connectivity index (χ0) is 19.4. The third-order valence-electron chi connectivity index (χ3n) is 3.73. The zero-order valence-corrected chi connectivity index (χ0v) is 14.4. The monoisotopic (exact) mass is 398 g/mol. The lowest BCUT2D eigenvalue weighted by Gasteiger charge is -2.14. The number of ether oxygens (including phenoxy) is 1. The van der Waals surface area contributed by atoms with Gasteiger partial charge in [0.05, 0.1) is 11.7 Å². The van der Waals surface area contributed by atoms with Gasteiger partial charge in [-0.2, -0.15) is 13.2 Å². The Morgan fingerprint density at radius 2 is 2.04 bits per heavy atom. The minimum Gasteiger partial charge on any atom is -0.377 e. The van der Waals surface area contributed by atoms with Gasteiger partial charge in [0.15, 0.2) is 0 Å². The molecular formula is C15H18F4N2O4S. The molecule has 0 spiro atoms. The molecule has 146 valence electrons. The van der Waals surface area contributed by atoms with Gasteiger partial charge in [0.2, 0.25) is 15.9 Å². The van der Waals surface area contributed by atoms with Crippen molar-refractivity contribution in [2.75, 3.05) is 18.9 Å². The summed E-state index contributed by atoms with van der Waals surface area (Å²) in [7, 11) is -3.94. The molecule has 1 atom stereocenters. The average Bonchev–Trinajstić information content (AvgIpc) is 3.04. The van der Waals surface area contributed by atoms with E-state index in [9.17, 15) is 30.8 Å². The first-order valence-electron chi connectivity index (χ1n) is 7.78. The summed E-state index contributed by atoms with van der Waals surface area (Å²) in [6, 6.07) is 2.04. The molecule has 0 aliphatic carbocycles. The highest BCUT2D eigenvalue weighted by Crippen LogP contribution is 2.32. The number of alkyl halides is 3. The number of carbonyl (C=O) groups excluding carboxylic acids is 1. The minimum absolute atomic E-state index is 0.0335. The molecule has 0 saturated carbocycles. The van der Waals surface area contributed by atoms with Crippen molar-refractivity contribution in [2.24, 2.45) is 0 Å². The van der Waals surface area contributed by atoms with Crippen LogP contribution in [0.5, 0.6) is 0 Å². The predicted molar refractivity (Wildman–Crippen MR) is 84.0 cm³/mol.